The first-order valence-corrected chi connectivity index (χ1v) is 11.0. The van der Waals surface area contributed by atoms with Gasteiger partial charge in [0, 0.05) is 0 Å². The second-order valence-electron chi connectivity index (χ2n) is 7.32. The van der Waals surface area contributed by atoms with Crippen molar-refractivity contribution in [2.75, 3.05) is 6.61 Å². The first kappa shape index (κ1) is 26.3. The minimum Gasteiger partial charge on any atom is -0.450 e. The molecule has 0 aliphatic rings. The minimum absolute atomic E-state index is 0.330. The van der Waals surface area contributed by atoms with Crippen LogP contribution in [0.2, 0.25) is 0 Å². The van der Waals surface area contributed by atoms with Crippen LogP contribution < -0.4 is 0 Å². The molecule has 0 aromatic rings. The van der Waals surface area contributed by atoms with Gasteiger partial charge in [0.1, 0.15) is 0 Å². The molecular formula is C22H40O6. The van der Waals surface area contributed by atoms with Crippen LogP contribution in [-0.4, -0.2) is 29.1 Å². The molecule has 0 aromatic heterocycles. The van der Waals surface area contributed by atoms with Gasteiger partial charge in [0.05, 0.1) is 12.9 Å². The lowest BCUT2D eigenvalue weighted by molar-refractivity contribution is 0.0899. The normalized spacial score (nSPS) is 11.0. The van der Waals surface area contributed by atoms with Crippen LogP contribution >= 0.6 is 0 Å². The van der Waals surface area contributed by atoms with Crippen molar-refractivity contribution >= 4 is 12.3 Å². The standard InChI is InChI=1S/C22H40O6/c23-21(24)27-19-17-15-13-11-9-7-5-3-1-2-4-6-8-10-12-14-16-18-20-28-22(25)26/h17,19H,1-16,18,20H2,(H,23,24)(H,25,26). The monoisotopic (exact) mass is 400 g/mol. The highest BCUT2D eigenvalue weighted by Gasteiger charge is 1.97. The Hall–Kier alpha value is -1.72. The van der Waals surface area contributed by atoms with E-state index in [-0.39, 0.29) is 0 Å². The predicted molar refractivity (Wildman–Crippen MR) is 111 cm³/mol. The predicted octanol–water partition coefficient (Wildman–Crippen LogP) is 7.52. The highest BCUT2D eigenvalue weighted by molar-refractivity contribution is 5.57. The van der Waals surface area contributed by atoms with E-state index in [0.717, 1.165) is 25.7 Å². The highest BCUT2D eigenvalue weighted by atomic mass is 16.7. The summed E-state index contributed by atoms with van der Waals surface area (Å²) < 4.78 is 8.78. The lowest BCUT2D eigenvalue weighted by Crippen LogP contribution is -2.01. The number of rotatable bonds is 20. The smallest absolute Gasteiger partial charge is 0.450 e. The maximum atomic E-state index is 10.2. The van der Waals surface area contributed by atoms with Gasteiger partial charge in [-0.25, -0.2) is 9.59 Å². The van der Waals surface area contributed by atoms with Crippen molar-refractivity contribution in [2.24, 2.45) is 0 Å². The van der Waals surface area contributed by atoms with Crippen LogP contribution in [0.25, 0.3) is 0 Å². The molecule has 0 heterocycles. The zero-order valence-corrected chi connectivity index (χ0v) is 17.4. The molecule has 0 saturated carbocycles. The number of hydrogen-bond donors (Lipinski definition) is 2. The molecule has 0 aromatic carbocycles. The summed E-state index contributed by atoms with van der Waals surface area (Å²) in [5.41, 5.74) is 0. The van der Waals surface area contributed by atoms with E-state index in [1.165, 1.54) is 89.7 Å². The molecule has 0 aliphatic carbocycles. The van der Waals surface area contributed by atoms with Gasteiger partial charge in [-0.15, -0.1) is 0 Å². The van der Waals surface area contributed by atoms with E-state index in [2.05, 4.69) is 9.47 Å². The maximum absolute atomic E-state index is 10.2. The highest BCUT2D eigenvalue weighted by Crippen LogP contribution is 2.14. The Balaban J connectivity index is 3.06. The summed E-state index contributed by atoms with van der Waals surface area (Å²) in [5.74, 6) is 0. The van der Waals surface area contributed by atoms with E-state index in [4.69, 9.17) is 10.2 Å². The summed E-state index contributed by atoms with van der Waals surface area (Å²) in [6.07, 6.45) is 21.3. The van der Waals surface area contributed by atoms with Crippen LogP contribution in [0.3, 0.4) is 0 Å². The molecule has 0 saturated heterocycles. The van der Waals surface area contributed by atoms with Gasteiger partial charge >= 0.3 is 12.3 Å². The van der Waals surface area contributed by atoms with Crippen LogP contribution in [0, 0.1) is 0 Å². The van der Waals surface area contributed by atoms with Crippen LogP contribution in [0.15, 0.2) is 12.3 Å². The van der Waals surface area contributed by atoms with E-state index >= 15 is 0 Å². The average molecular weight is 401 g/mol. The molecule has 0 unspecified atom stereocenters. The molecule has 164 valence electrons. The Kier molecular flexibility index (Phi) is 20.3. The minimum atomic E-state index is -1.26. The third-order valence-corrected chi connectivity index (χ3v) is 4.76. The molecule has 2 N–H and O–H groups in total. The lowest BCUT2D eigenvalue weighted by Gasteiger charge is -2.04. The maximum Gasteiger partial charge on any atom is 0.510 e. The Bertz CT molecular complexity index is 394. The molecular weight excluding hydrogens is 360 g/mol. The molecule has 0 atom stereocenters. The van der Waals surface area contributed by atoms with Crippen LogP contribution in [0.5, 0.6) is 0 Å². The fraction of sp³-hybridized carbons (Fsp3) is 0.818. The molecule has 0 spiro atoms. The average Bonchev–Trinajstić information content (AvgIpc) is 2.65. The van der Waals surface area contributed by atoms with Crippen molar-refractivity contribution in [3.8, 4) is 0 Å². The number of ether oxygens (including phenoxy) is 2. The summed E-state index contributed by atoms with van der Waals surface area (Å²) in [7, 11) is 0. The van der Waals surface area contributed by atoms with Crippen molar-refractivity contribution < 1.29 is 29.3 Å². The van der Waals surface area contributed by atoms with Crippen molar-refractivity contribution in [1.82, 2.24) is 0 Å². The van der Waals surface area contributed by atoms with E-state index in [1.807, 2.05) is 0 Å². The first-order chi connectivity index (χ1) is 13.6. The summed E-state index contributed by atoms with van der Waals surface area (Å²) in [5, 5.41) is 16.6. The Labute approximate surface area is 170 Å². The number of carboxylic acid groups (broad SMARTS) is 2. The van der Waals surface area contributed by atoms with Gasteiger partial charge in [0.15, 0.2) is 0 Å². The van der Waals surface area contributed by atoms with Gasteiger partial charge in [0.2, 0.25) is 0 Å². The lowest BCUT2D eigenvalue weighted by atomic mass is 10.0. The third-order valence-electron chi connectivity index (χ3n) is 4.76. The molecule has 28 heavy (non-hydrogen) atoms. The second kappa shape index (κ2) is 21.6. The fourth-order valence-electron chi connectivity index (χ4n) is 3.17. The number of unbranched alkanes of at least 4 members (excludes halogenated alkanes) is 16. The van der Waals surface area contributed by atoms with Crippen molar-refractivity contribution in [3.63, 3.8) is 0 Å². The topological polar surface area (TPSA) is 93.1 Å². The molecule has 0 rings (SSSR count). The molecule has 6 heteroatoms. The molecule has 0 radical (unpaired) electrons. The largest absolute Gasteiger partial charge is 0.510 e. The molecule has 6 nitrogen and oxygen atoms in total. The zero-order chi connectivity index (χ0) is 20.7. The first-order valence-electron chi connectivity index (χ1n) is 11.0. The summed E-state index contributed by atoms with van der Waals surface area (Å²) in [4.78, 5) is 20.3. The van der Waals surface area contributed by atoms with Gasteiger partial charge < -0.3 is 19.7 Å². The summed E-state index contributed by atoms with van der Waals surface area (Å²) in [6, 6.07) is 0. The Morgan fingerprint density at radius 3 is 1.36 bits per heavy atom. The van der Waals surface area contributed by atoms with E-state index in [1.54, 1.807) is 6.08 Å². The van der Waals surface area contributed by atoms with E-state index in [9.17, 15) is 9.59 Å². The van der Waals surface area contributed by atoms with Crippen LogP contribution in [-0.2, 0) is 9.47 Å². The quantitative estimate of drug-likeness (QED) is 0.125. The van der Waals surface area contributed by atoms with Crippen molar-refractivity contribution in [3.05, 3.63) is 12.3 Å². The van der Waals surface area contributed by atoms with Gasteiger partial charge in [-0.2, -0.15) is 0 Å². The van der Waals surface area contributed by atoms with Crippen LogP contribution in [0.4, 0.5) is 9.59 Å². The molecule has 0 amide bonds. The fourth-order valence-corrected chi connectivity index (χ4v) is 3.17. The molecule has 0 aliphatic heterocycles. The Morgan fingerprint density at radius 2 is 0.964 bits per heavy atom. The van der Waals surface area contributed by atoms with Gasteiger partial charge in [-0.05, 0) is 25.3 Å². The zero-order valence-electron chi connectivity index (χ0n) is 17.4. The SMILES string of the molecule is O=C(O)OC=CCCCCCCCCCCCCCCCCCCOC(=O)O. The van der Waals surface area contributed by atoms with E-state index in [0.29, 0.717) is 6.61 Å². The van der Waals surface area contributed by atoms with Crippen molar-refractivity contribution in [1.29, 1.82) is 0 Å². The van der Waals surface area contributed by atoms with Crippen molar-refractivity contribution in [2.45, 2.75) is 109 Å². The van der Waals surface area contributed by atoms with Gasteiger partial charge in [0.25, 0.3) is 0 Å². The third kappa shape index (κ3) is 24.3. The number of carbonyl (C=O) groups is 2. The Morgan fingerprint density at radius 1 is 0.571 bits per heavy atom. The van der Waals surface area contributed by atoms with E-state index < -0.39 is 12.3 Å². The number of hydrogen-bond acceptors (Lipinski definition) is 4. The number of allylic oxidation sites excluding steroid dienone is 1. The van der Waals surface area contributed by atoms with Gasteiger partial charge in [-0.1, -0.05) is 89.9 Å². The summed E-state index contributed by atoms with van der Waals surface area (Å²) >= 11 is 0. The second-order valence-corrected chi connectivity index (χ2v) is 7.32. The van der Waals surface area contributed by atoms with Crippen LogP contribution in [0.1, 0.15) is 109 Å². The molecule has 0 fully saturated rings. The summed E-state index contributed by atoms with van der Waals surface area (Å²) in [6.45, 7) is 0.330. The molecule has 0 bridgehead atoms. The van der Waals surface area contributed by atoms with Gasteiger partial charge in [-0.3, -0.25) is 0 Å².